The molecule has 0 heterocycles. The Bertz CT molecular complexity index is 500. The van der Waals surface area contributed by atoms with Crippen molar-refractivity contribution in [3.05, 3.63) is 29.8 Å². The first-order valence-corrected chi connectivity index (χ1v) is 7.76. The Morgan fingerprint density at radius 1 is 1.25 bits per heavy atom. The van der Waals surface area contributed by atoms with E-state index in [1.165, 1.54) is 14.2 Å². The van der Waals surface area contributed by atoms with E-state index in [1.807, 2.05) is 0 Å². The molecule has 0 fully saturated rings. The fraction of sp³-hybridized carbons (Fsp3) is 0.538. The molecule has 114 valence electrons. The molecule has 1 rings (SSSR count). The number of hydrogen-bond donors (Lipinski definition) is 1. The number of sulfonamides is 1. The van der Waals surface area contributed by atoms with Gasteiger partial charge in [-0.25, -0.2) is 12.7 Å². The van der Waals surface area contributed by atoms with Gasteiger partial charge in [0.2, 0.25) is 10.0 Å². The molecule has 1 aromatic carbocycles. The van der Waals surface area contributed by atoms with E-state index in [-0.39, 0.29) is 18.9 Å². The summed E-state index contributed by atoms with van der Waals surface area (Å²) < 4.78 is 34.7. The van der Waals surface area contributed by atoms with E-state index in [9.17, 15) is 13.5 Å². The maximum Gasteiger partial charge on any atom is 0.216 e. The van der Waals surface area contributed by atoms with Crippen molar-refractivity contribution in [2.45, 2.75) is 6.10 Å². The van der Waals surface area contributed by atoms with Crippen LogP contribution < -0.4 is 4.74 Å². The van der Waals surface area contributed by atoms with Gasteiger partial charge in [-0.05, 0) is 17.7 Å². The predicted molar refractivity (Wildman–Crippen MR) is 76.2 cm³/mol. The molecular formula is C13H21NO5S. The van der Waals surface area contributed by atoms with E-state index in [4.69, 9.17) is 9.47 Å². The van der Waals surface area contributed by atoms with Gasteiger partial charge in [-0.1, -0.05) is 12.1 Å². The summed E-state index contributed by atoms with van der Waals surface area (Å²) in [6.45, 7) is 0.129. The molecule has 0 saturated carbocycles. The Morgan fingerprint density at radius 3 is 2.35 bits per heavy atom. The Labute approximate surface area is 120 Å². The molecule has 6 nitrogen and oxygen atoms in total. The lowest BCUT2D eigenvalue weighted by Gasteiger charge is -2.20. The first kappa shape index (κ1) is 16.9. The molecule has 1 N–H and O–H groups in total. The summed E-state index contributed by atoms with van der Waals surface area (Å²) >= 11 is 0. The van der Waals surface area contributed by atoms with Crippen LogP contribution in [0.1, 0.15) is 11.7 Å². The minimum atomic E-state index is -3.41. The van der Waals surface area contributed by atoms with Crippen LogP contribution in [0.4, 0.5) is 0 Å². The van der Waals surface area contributed by atoms with E-state index < -0.39 is 16.1 Å². The molecule has 0 aliphatic carbocycles. The quantitative estimate of drug-likeness (QED) is 0.762. The van der Waals surface area contributed by atoms with Crippen molar-refractivity contribution >= 4 is 10.0 Å². The molecule has 20 heavy (non-hydrogen) atoms. The summed E-state index contributed by atoms with van der Waals surface area (Å²) in [4.78, 5) is 0. The van der Waals surface area contributed by atoms with Gasteiger partial charge < -0.3 is 14.6 Å². The molecule has 0 spiro atoms. The van der Waals surface area contributed by atoms with E-state index in [2.05, 4.69) is 0 Å². The van der Waals surface area contributed by atoms with E-state index >= 15 is 0 Å². The second-order valence-corrected chi connectivity index (χ2v) is 6.57. The SMILES string of the molecule is COCCS(=O)(=O)N(C)CC(O)c1ccc(OC)cc1. The van der Waals surface area contributed by atoms with Crippen molar-refractivity contribution in [1.82, 2.24) is 4.31 Å². The molecule has 0 radical (unpaired) electrons. The number of rotatable bonds is 8. The third-order valence-corrected chi connectivity index (χ3v) is 4.73. The van der Waals surface area contributed by atoms with Crippen molar-refractivity contribution in [2.75, 3.05) is 40.2 Å². The van der Waals surface area contributed by atoms with Gasteiger partial charge in [-0.2, -0.15) is 0 Å². The number of benzene rings is 1. The van der Waals surface area contributed by atoms with Crippen LogP contribution in [-0.2, 0) is 14.8 Å². The second kappa shape index (κ2) is 7.58. The molecule has 0 amide bonds. The first-order chi connectivity index (χ1) is 9.40. The molecule has 7 heteroatoms. The lowest BCUT2D eigenvalue weighted by atomic mass is 10.1. The molecule has 0 saturated heterocycles. The van der Waals surface area contributed by atoms with Crippen LogP contribution in [-0.4, -0.2) is 58.0 Å². The third-order valence-electron chi connectivity index (χ3n) is 2.95. The highest BCUT2D eigenvalue weighted by atomic mass is 32.2. The molecule has 1 atom stereocenters. The zero-order valence-corrected chi connectivity index (χ0v) is 12.8. The van der Waals surface area contributed by atoms with Gasteiger partial charge in [0.1, 0.15) is 5.75 Å². The average molecular weight is 303 g/mol. The lowest BCUT2D eigenvalue weighted by Crippen LogP contribution is -2.34. The van der Waals surface area contributed by atoms with Crippen molar-refractivity contribution in [2.24, 2.45) is 0 Å². The highest BCUT2D eigenvalue weighted by Gasteiger charge is 2.21. The maximum atomic E-state index is 11.9. The Morgan fingerprint density at radius 2 is 1.85 bits per heavy atom. The highest BCUT2D eigenvalue weighted by Crippen LogP contribution is 2.19. The van der Waals surface area contributed by atoms with Gasteiger partial charge in [0, 0.05) is 20.7 Å². The molecule has 0 aliphatic rings. The fourth-order valence-corrected chi connectivity index (χ4v) is 2.69. The van der Waals surface area contributed by atoms with Gasteiger partial charge in [-0.15, -0.1) is 0 Å². The van der Waals surface area contributed by atoms with Crippen LogP contribution in [0.2, 0.25) is 0 Å². The van der Waals surface area contributed by atoms with Crippen molar-refractivity contribution in [1.29, 1.82) is 0 Å². The summed E-state index contributed by atoms with van der Waals surface area (Å²) in [7, 11) is 1.03. The van der Waals surface area contributed by atoms with Gasteiger partial charge in [0.25, 0.3) is 0 Å². The summed E-state index contributed by atoms with van der Waals surface area (Å²) in [5, 5.41) is 10.1. The van der Waals surface area contributed by atoms with Crippen LogP contribution in [0, 0.1) is 0 Å². The van der Waals surface area contributed by atoms with Gasteiger partial charge in [0.05, 0.1) is 25.6 Å². The number of hydrogen-bond acceptors (Lipinski definition) is 5. The largest absolute Gasteiger partial charge is 0.497 e. The number of aliphatic hydroxyl groups excluding tert-OH is 1. The zero-order chi connectivity index (χ0) is 15.2. The number of ether oxygens (including phenoxy) is 2. The van der Waals surface area contributed by atoms with Crippen LogP contribution in [0.3, 0.4) is 0 Å². The first-order valence-electron chi connectivity index (χ1n) is 6.15. The smallest absolute Gasteiger partial charge is 0.216 e. The topological polar surface area (TPSA) is 76.1 Å². The molecule has 1 unspecified atom stereocenters. The minimum absolute atomic E-state index is 0.00161. The van der Waals surface area contributed by atoms with Crippen molar-refractivity contribution in [3.8, 4) is 5.75 Å². The Hall–Kier alpha value is -1.15. The van der Waals surface area contributed by atoms with Gasteiger partial charge in [-0.3, -0.25) is 0 Å². The Kier molecular flexibility index (Phi) is 6.41. The Balaban J connectivity index is 2.66. The number of methoxy groups -OCH3 is 2. The normalized spacial score (nSPS) is 13.4. The molecule has 0 aliphatic heterocycles. The lowest BCUT2D eigenvalue weighted by molar-refractivity contribution is 0.154. The third kappa shape index (κ3) is 4.75. The highest BCUT2D eigenvalue weighted by molar-refractivity contribution is 7.89. The van der Waals surface area contributed by atoms with Crippen LogP contribution in [0.25, 0.3) is 0 Å². The summed E-state index contributed by atoms with van der Waals surface area (Å²) in [5.41, 5.74) is 0.639. The fourth-order valence-electron chi connectivity index (χ4n) is 1.63. The molecule has 0 aromatic heterocycles. The van der Waals surface area contributed by atoms with E-state index in [1.54, 1.807) is 31.4 Å². The number of aliphatic hydroxyl groups is 1. The molecular weight excluding hydrogens is 282 g/mol. The van der Waals surface area contributed by atoms with Crippen molar-refractivity contribution < 1.29 is 23.0 Å². The van der Waals surface area contributed by atoms with E-state index in [0.29, 0.717) is 11.3 Å². The summed E-state index contributed by atoms with van der Waals surface area (Å²) in [5.74, 6) is 0.581. The van der Waals surface area contributed by atoms with Gasteiger partial charge in [0.15, 0.2) is 0 Å². The summed E-state index contributed by atoms with van der Waals surface area (Å²) in [6.07, 6.45) is -0.886. The zero-order valence-electron chi connectivity index (χ0n) is 11.9. The molecule has 1 aromatic rings. The van der Waals surface area contributed by atoms with Crippen molar-refractivity contribution in [3.63, 3.8) is 0 Å². The average Bonchev–Trinajstić information content (AvgIpc) is 2.45. The number of nitrogens with zero attached hydrogens (tertiary/aromatic N) is 1. The van der Waals surface area contributed by atoms with E-state index in [0.717, 1.165) is 4.31 Å². The number of likely N-dealkylation sites (N-methyl/N-ethyl adjacent to an activating group) is 1. The monoisotopic (exact) mass is 303 g/mol. The minimum Gasteiger partial charge on any atom is -0.497 e. The maximum absolute atomic E-state index is 11.9. The molecule has 0 bridgehead atoms. The van der Waals surface area contributed by atoms with Crippen LogP contribution in [0.5, 0.6) is 5.75 Å². The predicted octanol–water partition coefficient (Wildman–Crippen LogP) is 0.637. The standard InChI is InChI=1S/C13H21NO5S/c1-14(20(16,17)9-8-18-2)10-13(15)11-4-6-12(19-3)7-5-11/h4-7,13,15H,8-10H2,1-3H3. The van der Waals surface area contributed by atoms with Gasteiger partial charge >= 0.3 is 0 Å². The summed E-state index contributed by atoms with van der Waals surface area (Å²) in [6, 6.07) is 6.86. The van der Waals surface area contributed by atoms with Crippen LogP contribution in [0.15, 0.2) is 24.3 Å². The van der Waals surface area contributed by atoms with Crippen LogP contribution >= 0.6 is 0 Å². The second-order valence-electron chi connectivity index (χ2n) is 4.38.